The molecule has 0 unspecified atom stereocenters. The average Bonchev–Trinajstić information content (AvgIpc) is 2.73. The third-order valence-electron chi connectivity index (χ3n) is 4.39. The van der Waals surface area contributed by atoms with Crippen LogP contribution >= 0.6 is 43.5 Å². The van der Waals surface area contributed by atoms with Gasteiger partial charge >= 0.3 is 0 Å². The van der Waals surface area contributed by atoms with Gasteiger partial charge < -0.3 is 9.47 Å². The molecule has 3 aromatic rings. The highest BCUT2D eigenvalue weighted by molar-refractivity contribution is 9.10. The number of hydrogen-bond donors (Lipinski definition) is 0. The number of aromatic nitrogens is 2. The third kappa shape index (κ3) is 5.13. The van der Waals surface area contributed by atoms with Gasteiger partial charge in [0, 0.05) is 20.9 Å². The normalized spacial score (nSPS) is 11.6. The van der Waals surface area contributed by atoms with E-state index in [1.165, 1.54) is 4.68 Å². The summed E-state index contributed by atoms with van der Waals surface area (Å²) in [7, 11) is 1.54. The molecule has 0 aliphatic rings. The van der Waals surface area contributed by atoms with Gasteiger partial charge in [-0.3, -0.25) is 4.79 Å². The van der Waals surface area contributed by atoms with E-state index in [4.69, 9.17) is 21.1 Å². The minimum atomic E-state index is -0.236. The summed E-state index contributed by atoms with van der Waals surface area (Å²) in [5.41, 5.74) is 1.05. The first kappa shape index (κ1) is 23.8. The summed E-state index contributed by atoms with van der Waals surface area (Å²) in [4.78, 5) is 17.8. The molecule has 0 saturated heterocycles. The van der Waals surface area contributed by atoms with Gasteiger partial charge in [0.2, 0.25) is 0 Å². The fourth-order valence-corrected chi connectivity index (χ4v) is 4.02. The lowest BCUT2D eigenvalue weighted by Crippen LogP contribution is -2.22. The Bertz CT molecular complexity index is 1210. The zero-order valence-electron chi connectivity index (χ0n) is 17.6. The maximum atomic E-state index is 13.2. The summed E-state index contributed by atoms with van der Waals surface area (Å²) in [5.74, 6) is 1.52. The summed E-state index contributed by atoms with van der Waals surface area (Å²) in [6.07, 6.45) is 2.93. The molecular weight excluding hydrogens is 550 g/mol. The van der Waals surface area contributed by atoms with Gasteiger partial charge in [-0.1, -0.05) is 34.5 Å². The summed E-state index contributed by atoms with van der Waals surface area (Å²) < 4.78 is 14.0. The van der Waals surface area contributed by atoms with E-state index < -0.39 is 0 Å². The Morgan fingerprint density at radius 2 is 2.03 bits per heavy atom. The minimum absolute atomic E-state index is 0.0732. The first-order valence-electron chi connectivity index (χ1n) is 9.75. The molecule has 0 spiro atoms. The second kappa shape index (κ2) is 10.1. The van der Waals surface area contributed by atoms with Crippen LogP contribution in [0.25, 0.3) is 10.9 Å². The predicted molar refractivity (Wildman–Crippen MR) is 132 cm³/mol. The molecule has 0 aliphatic heterocycles. The van der Waals surface area contributed by atoms with Crippen molar-refractivity contribution in [1.29, 1.82) is 0 Å². The van der Waals surface area contributed by atoms with E-state index in [1.807, 2.05) is 32.9 Å². The lowest BCUT2D eigenvalue weighted by molar-refractivity contribution is 0.230. The number of methoxy groups -OCH3 is 1. The Morgan fingerprint density at radius 3 is 2.68 bits per heavy atom. The zero-order valence-corrected chi connectivity index (χ0v) is 21.5. The van der Waals surface area contributed by atoms with Crippen molar-refractivity contribution in [2.24, 2.45) is 5.10 Å². The number of ether oxygens (including phenoxy) is 2. The summed E-state index contributed by atoms with van der Waals surface area (Å²) in [6, 6.07) is 7.19. The van der Waals surface area contributed by atoms with Crippen LogP contribution in [-0.2, 0) is 6.42 Å². The minimum Gasteiger partial charge on any atom is -0.493 e. The van der Waals surface area contributed by atoms with Crippen LogP contribution in [0.1, 0.15) is 38.6 Å². The Balaban J connectivity index is 2.15. The molecule has 2 aromatic carbocycles. The Labute approximate surface area is 202 Å². The molecule has 164 valence electrons. The van der Waals surface area contributed by atoms with Gasteiger partial charge in [0.05, 0.1) is 30.3 Å². The van der Waals surface area contributed by atoms with Crippen molar-refractivity contribution in [3.8, 4) is 11.5 Å². The highest BCUT2D eigenvalue weighted by Gasteiger charge is 2.18. The van der Waals surface area contributed by atoms with Crippen molar-refractivity contribution in [2.45, 2.75) is 39.7 Å². The van der Waals surface area contributed by atoms with Crippen LogP contribution in [0.15, 0.2) is 43.1 Å². The van der Waals surface area contributed by atoms with Crippen LogP contribution in [0, 0.1) is 0 Å². The topological polar surface area (TPSA) is 65.7 Å². The number of rotatable bonds is 7. The molecule has 6 nitrogen and oxygen atoms in total. The number of halogens is 3. The number of aryl methyl sites for hydroxylation is 1. The summed E-state index contributed by atoms with van der Waals surface area (Å²) >= 11 is 13.4. The maximum Gasteiger partial charge on any atom is 0.282 e. The second-order valence-electron chi connectivity index (χ2n) is 7.09. The molecule has 9 heteroatoms. The SMILES string of the molecule is CCCc1nc2ccc(Br)cc2c(=O)n1N=Cc1cc(OC)c(OC(C)C)c(Cl)c1Br. The Morgan fingerprint density at radius 1 is 1.29 bits per heavy atom. The van der Waals surface area contributed by atoms with Crippen LogP contribution in [0.3, 0.4) is 0 Å². The molecule has 0 saturated carbocycles. The van der Waals surface area contributed by atoms with Crippen LogP contribution < -0.4 is 15.0 Å². The largest absolute Gasteiger partial charge is 0.493 e. The van der Waals surface area contributed by atoms with Gasteiger partial charge in [-0.15, -0.1) is 0 Å². The first-order valence-corrected chi connectivity index (χ1v) is 11.7. The van der Waals surface area contributed by atoms with Crippen molar-refractivity contribution < 1.29 is 9.47 Å². The molecule has 1 aromatic heterocycles. The van der Waals surface area contributed by atoms with E-state index >= 15 is 0 Å². The van der Waals surface area contributed by atoms with E-state index in [0.29, 0.717) is 49.7 Å². The standard InChI is InChI=1S/C22H22Br2ClN3O3/c1-5-6-18-27-16-8-7-14(23)10-15(16)22(29)28(18)26-11-13-9-17(30-4)21(31-12(2)3)20(25)19(13)24/h7-12H,5-6H2,1-4H3. The summed E-state index contributed by atoms with van der Waals surface area (Å²) in [6.45, 7) is 5.85. The number of nitrogens with zero attached hydrogens (tertiary/aromatic N) is 3. The molecule has 0 amide bonds. The molecule has 0 bridgehead atoms. The molecule has 0 radical (unpaired) electrons. The monoisotopic (exact) mass is 569 g/mol. The predicted octanol–water partition coefficient (Wildman–Crippen LogP) is 6.21. The molecule has 0 aliphatic carbocycles. The van der Waals surface area contributed by atoms with E-state index in [0.717, 1.165) is 10.9 Å². The van der Waals surface area contributed by atoms with Crippen molar-refractivity contribution in [3.05, 3.63) is 60.0 Å². The van der Waals surface area contributed by atoms with Gasteiger partial charge in [-0.05, 0) is 60.5 Å². The Kier molecular flexibility index (Phi) is 7.78. The van der Waals surface area contributed by atoms with E-state index in [-0.39, 0.29) is 11.7 Å². The van der Waals surface area contributed by atoms with E-state index in [2.05, 4.69) is 41.9 Å². The maximum absolute atomic E-state index is 13.2. The van der Waals surface area contributed by atoms with Gasteiger partial charge in [-0.25, -0.2) is 4.98 Å². The van der Waals surface area contributed by atoms with Gasteiger partial charge in [0.1, 0.15) is 10.8 Å². The van der Waals surface area contributed by atoms with E-state index in [9.17, 15) is 4.79 Å². The van der Waals surface area contributed by atoms with Crippen LogP contribution in [0.5, 0.6) is 11.5 Å². The molecule has 0 fully saturated rings. The van der Waals surface area contributed by atoms with E-state index in [1.54, 1.807) is 25.5 Å². The number of benzene rings is 2. The average molecular weight is 572 g/mol. The van der Waals surface area contributed by atoms with Crippen molar-refractivity contribution in [1.82, 2.24) is 9.66 Å². The second-order valence-corrected chi connectivity index (χ2v) is 9.18. The lowest BCUT2D eigenvalue weighted by atomic mass is 10.2. The van der Waals surface area contributed by atoms with Gasteiger partial charge in [0.15, 0.2) is 11.5 Å². The quantitative estimate of drug-likeness (QED) is 0.317. The molecule has 3 rings (SSSR count). The molecule has 0 N–H and O–H groups in total. The van der Waals surface area contributed by atoms with Crippen LogP contribution in [-0.4, -0.2) is 29.1 Å². The molecule has 31 heavy (non-hydrogen) atoms. The smallest absolute Gasteiger partial charge is 0.282 e. The Hall–Kier alpha value is -1.90. The fraction of sp³-hybridized carbons (Fsp3) is 0.318. The fourth-order valence-electron chi connectivity index (χ4n) is 3.01. The number of fused-ring (bicyclic) bond motifs is 1. The van der Waals surface area contributed by atoms with Gasteiger partial charge in [-0.2, -0.15) is 9.78 Å². The zero-order chi connectivity index (χ0) is 22.7. The highest BCUT2D eigenvalue weighted by Crippen LogP contribution is 2.42. The number of hydrogen-bond acceptors (Lipinski definition) is 5. The van der Waals surface area contributed by atoms with Crippen molar-refractivity contribution in [2.75, 3.05) is 7.11 Å². The highest BCUT2D eigenvalue weighted by atomic mass is 79.9. The summed E-state index contributed by atoms with van der Waals surface area (Å²) in [5, 5.41) is 5.32. The molecule has 0 atom stereocenters. The lowest BCUT2D eigenvalue weighted by Gasteiger charge is -2.17. The van der Waals surface area contributed by atoms with Crippen LogP contribution in [0.2, 0.25) is 5.02 Å². The molecule has 1 heterocycles. The van der Waals surface area contributed by atoms with Crippen molar-refractivity contribution >= 4 is 60.6 Å². The molecular formula is C22H22Br2ClN3O3. The third-order valence-corrected chi connectivity index (χ3v) is 6.33. The first-order chi connectivity index (χ1) is 14.8. The van der Waals surface area contributed by atoms with Crippen molar-refractivity contribution in [3.63, 3.8) is 0 Å². The van der Waals surface area contributed by atoms with Gasteiger partial charge in [0.25, 0.3) is 5.56 Å². The van der Waals surface area contributed by atoms with Crippen LogP contribution in [0.4, 0.5) is 0 Å².